The minimum Gasteiger partial charge on any atom is -0.478 e. The van der Waals surface area contributed by atoms with Gasteiger partial charge in [-0.05, 0) is 24.6 Å². The molecule has 1 aromatic rings. The molecule has 1 amide bonds. The first-order chi connectivity index (χ1) is 7.49. The molecule has 0 saturated heterocycles. The average molecular weight is 284 g/mol. The van der Waals surface area contributed by atoms with E-state index in [-0.39, 0.29) is 0 Å². The van der Waals surface area contributed by atoms with Crippen molar-refractivity contribution in [2.75, 3.05) is 5.32 Å². The molecule has 0 aliphatic rings. The van der Waals surface area contributed by atoms with E-state index in [1.54, 1.807) is 6.07 Å². The molecule has 4 nitrogen and oxygen atoms in total. The molecule has 0 radical (unpaired) electrons. The number of benzene rings is 1. The lowest BCUT2D eigenvalue weighted by atomic mass is 10.2. The average Bonchev–Trinajstić information content (AvgIpc) is 2.20. The summed E-state index contributed by atoms with van der Waals surface area (Å²) in [5.74, 6) is -1.62. The normalized spacial score (nSPS) is 10.4. The fraction of sp³-hybridized carbons (Fsp3) is 0.0909. The quantitative estimate of drug-likeness (QED) is 0.837. The highest BCUT2D eigenvalue weighted by Gasteiger charge is 2.02. The molecular weight excluding hydrogens is 274 g/mol. The van der Waals surface area contributed by atoms with Crippen molar-refractivity contribution in [3.05, 3.63) is 40.4 Å². The highest BCUT2D eigenvalue weighted by Crippen LogP contribution is 2.20. The summed E-state index contributed by atoms with van der Waals surface area (Å²) < 4.78 is 0.843. The molecule has 0 aliphatic carbocycles. The predicted octanol–water partition coefficient (Wildman–Crippen LogP) is 2.34. The highest BCUT2D eigenvalue weighted by molar-refractivity contribution is 9.10. The van der Waals surface area contributed by atoms with Crippen LogP contribution in [0.4, 0.5) is 5.69 Å². The van der Waals surface area contributed by atoms with Crippen molar-refractivity contribution in [2.24, 2.45) is 0 Å². The third kappa shape index (κ3) is 3.86. The van der Waals surface area contributed by atoms with Crippen LogP contribution in [0.3, 0.4) is 0 Å². The molecule has 0 atom stereocenters. The van der Waals surface area contributed by atoms with Gasteiger partial charge in [-0.15, -0.1) is 0 Å². The van der Waals surface area contributed by atoms with E-state index in [0.717, 1.165) is 22.2 Å². The maximum Gasteiger partial charge on any atom is 0.328 e. The fourth-order valence-electron chi connectivity index (χ4n) is 1.05. The van der Waals surface area contributed by atoms with Gasteiger partial charge in [0.1, 0.15) is 0 Å². The van der Waals surface area contributed by atoms with Gasteiger partial charge in [-0.3, -0.25) is 4.79 Å². The summed E-state index contributed by atoms with van der Waals surface area (Å²) in [4.78, 5) is 21.5. The van der Waals surface area contributed by atoms with Gasteiger partial charge >= 0.3 is 5.97 Å². The largest absolute Gasteiger partial charge is 0.478 e. The Balaban J connectivity index is 2.77. The Morgan fingerprint density at radius 3 is 2.69 bits per heavy atom. The summed E-state index contributed by atoms with van der Waals surface area (Å²) in [6.07, 6.45) is 1.77. The number of amides is 1. The van der Waals surface area contributed by atoms with Gasteiger partial charge in [0.2, 0.25) is 5.91 Å². The van der Waals surface area contributed by atoms with E-state index in [4.69, 9.17) is 5.11 Å². The molecule has 0 bridgehead atoms. The van der Waals surface area contributed by atoms with Gasteiger partial charge in [0.25, 0.3) is 0 Å². The van der Waals surface area contributed by atoms with E-state index in [1.807, 2.05) is 19.1 Å². The monoisotopic (exact) mass is 283 g/mol. The van der Waals surface area contributed by atoms with E-state index >= 15 is 0 Å². The van der Waals surface area contributed by atoms with Crippen molar-refractivity contribution in [3.8, 4) is 0 Å². The van der Waals surface area contributed by atoms with Gasteiger partial charge in [0.15, 0.2) is 0 Å². The molecule has 0 saturated carbocycles. The van der Waals surface area contributed by atoms with E-state index in [1.165, 1.54) is 0 Å². The standard InChI is InChI=1S/C11H10BrNO3/c1-7-2-3-8(12)6-9(7)13-10(14)4-5-11(15)16/h2-6H,1H3,(H,13,14)(H,15,16)/b5-4+. The molecule has 5 heteroatoms. The third-order valence-corrected chi connectivity index (χ3v) is 2.33. The Bertz CT molecular complexity index is 455. The van der Waals surface area contributed by atoms with Crippen LogP contribution in [-0.2, 0) is 9.59 Å². The first-order valence-electron chi connectivity index (χ1n) is 4.47. The summed E-state index contributed by atoms with van der Waals surface area (Å²) in [6.45, 7) is 1.85. The molecule has 1 rings (SSSR count). The lowest BCUT2D eigenvalue weighted by molar-refractivity contribution is -0.131. The molecule has 0 aromatic heterocycles. The number of aliphatic carboxylic acids is 1. The second kappa shape index (κ2) is 5.46. The van der Waals surface area contributed by atoms with Crippen molar-refractivity contribution in [1.82, 2.24) is 0 Å². The molecule has 1 aromatic carbocycles. The molecule has 0 aliphatic heterocycles. The Morgan fingerprint density at radius 2 is 2.06 bits per heavy atom. The van der Waals surface area contributed by atoms with Crippen LogP contribution in [0.1, 0.15) is 5.56 Å². The number of halogens is 1. The Labute approximate surface area is 101 Å². The van der Waals surface area contributed by atoms with Crippen LogP contribution in [-0.4, -0.2) is 17.0 Å². The SMILES string of the molecule is Cc1ccc(Br)cc1NC(=O)/C=C/C(=O)O. The number of carboxylic acids is 1. The zero-order valence-corrected chi connectivity index (χ0v) is 10.1. The van der Waals surface area contributed by atoms with Crippen molar-refractivity contribution in [3.63, 3.8) is 0 Å². The maximum atomic E-state index is 11.3. The van der Waals surface area contributed by atoms with Crippen molar-refractivity contribution >= 4 is 33.5 Å². The maximum absolute atomic E-state index is 11.3. The lowest BCUT2D eigenvalue weighted by Gasteiger charge is -2.06. The first-order valence-corrected chi connectivity index (χ1v) is 5.26. The zero-order chi connectivity index (χ0) is 12.1. The third-order valence-electron chi connectivity index (χ3n) is 1.83. The molecule has 84 valence electrons. The highest BCUT2D eigenvalue weighted by atomic mass is 79.9. The first kappa shape index (κ1) is 12.4. The molecule has 2 N–H and O–H groups in total. The minimum absolute atomic E-state index is 0.469. The number of carbonyl (C=O) groups is 2. The summed E-state index contributed by atoms with van der Waals surface area (Å²) >= 11 is 3.29. The fourth-order valence-corrected chi connectivity index (χ4v) is 1.41. The van der Waals surface area contributed by atoms with Gasteiger partial charge in [0, 0.05) is 22.3 Å². The van der Waals surface area contributed by atoms with Crippen LogP contribution >= 0.6 is 15.9 Å². The molecule has 0 unspecified atom stereocenters. The summed E-state index contributed by atoms with van der Waals surface area (Å²) in [5.41, 5.74) is 1.55. The Hall–Kier alpha value is -1.62. The van der Waals surface area contributed by atoms with Crippen molar-refractivity contribution in [2.45, 2.75) is 6.92 Å². The number of anilines is 1. The van der Waals surface area contributed by atoms with Crippen LogP contribution in [0.25, 0.3) is 0 Å². The predicted molar refractivity (Wildman–Crippen MR) is 64.3 cm³/mol. The van der Waals surface area contributed by atoms with Crippen LogP contribution in [0.2, 0.25) is 0 Å². The number of rotatable bonds is 3. The summed E-state index contributed by atoms with van der Waals surface area (Å²) in [7, 11) is 0. The number of aryl methyl sites for hydroxylation is 1. The number of hydrogen-bond donors (Lipinski definition) is 2. The number of nitrogens with one attached hydrogen (secondary N) is 1. The van der Waals surface area contributed by atoms with E-state index in [0.29, 0.717) is 5.69 Å². The van der Waals surface area contributed by atoms with Crippen LogP contribution in [0.5, 0.6) is 0 Å². The van der Waals surface area contributed by atoms with Gasteiger partial charge in [0.05, 0.1) is 0 Å². The number of carbonyl (C=O) groups excluding carboxylic acids is 1. The van der Waals surface area contributed by atoms with Crippen LogP contribution in [0, 0.1) is 6.92 Å². The molecular formula is C11H10BrNO3. The zero-order valence-electron chi connectivity index (χ0n) is 8.53. The number of hydrogen-bond acceptors (Lipinski definition) is 2. The van der Waals surface area contributed by atoms with Gasteiger partial charge in [-0.1, -0.05) is 22.0 Å². The minimum atomic E-state index is -1.15. The summed E-state index contributed by atoms with van der Waals surface area (Å²) in [6, 6.07) is 5.46. The van der Waals surface area contributed by atoms with E-state index in [2.05, 4.69) is 21.2 Å². The van der Waals surface area contributed by atoms with Crippen molar-refractivity contribution in [1.29, 1.82) is 0 Å². The topological polar surface area (TPSA) is 66.4 Å². The van der Waals surface area contributed by atoms with Gasteiger partial charge in [-0.2, -0.15) is 0 Å². The second-order valence-electron chi connectivity index (χ2n) is 3.12. The van der Waals surface area contributed by atoms with Gasteiger partial charge < -0.3 is 10.4 Å². The van der Waals surface area contributed by atoms with Crippen LogP contribution < -0.4 is 5.32 Å². The molecule has 0 spiro atoms. The van der Waals surface area contributed by atoms with E-state index in [9.17, 15) is 9.59 Å². The lowest BCUT2D eigenvalue weighted by Crippen LogP contribution is -2.09. The van der Waals surface area contributed by atoms with Crippen LogP contribution in [0.15, 0.2) is 34.8 Å². The Morgan fingerprint density at radius 1 is 1.38 bits per heavy atom. The molecule has 0 heterocycles. The molecule has 16 heavy (non-hydrogen) atoms. The smallest absolute Gasteiger partial charge is 0.328 e. The number of carboxylic acid groups (broad SMARTS) is 1. The van der Waals surface area contributed by atoms with Gasteiger partial charge in [-0.25, -0.2) is 4.79 Å². The summed E-state index contributed by atoms with van der Waals surface area (Å²) in [5, 5.41) is 10.9. The van der Waals surface area contributed by atoms with E-state index < -0.39 is 11.9 Å². The molecule has 0 fully saturated rings. The Kier molecular flexibility index (Phi) is 4.25. The second-order valence-corrected chi connectivity index (χ2v) is 4.04. The van der Waals surface area contributed by atoms with Crippen molar-refractivity contribution < 1.29 is 14.7 Å².